The summed E-state index contributed by atoms with van der Waals surface area (Å²) in [7, 11) is 0. The molecule has 0 amide bonds. The SMILES string of the molecule is CC1=CC(=O)c2ccccc2/C1=C\C=C1/C(C)=CC(=O)c2ccccc21. The molecule has 0 aliphatic heterocycles. The summed E-state index contributed by atoms with van der Waals surface area (Å²) >= 11 is 0. The maximum absolute atomic E-state index is 12.2. The summed E-state index contributed by atoms with van der Waals surface area (Å²) < 4.78 is 0. The molecule has 2 aliphatic rings. The fourth-order valence-electron chi connectivity index (χ4n) is 3.60. The van der Waals surface area contributed by atoms with Gasteiger partial charge in [-0.1, -0.05) is 60.7 Å². The summed E-state index contributed by atoms with van der Waals surface area (Å²) in [6.07, 6.45) is 7.48. The smallest absolute Gasteiger partial charge is 0.186 e. The lowest BCUT2D eigenvalue weighted by Crippen LogP contribution is -2.08. The first kappa shape index (κ1) is 16.2. The van der Waals surface area contributed by atoms with Crippen LogP contribution in [-0.4, -0.2) is 11.6 Å². The van der Waals surface area contributed by atoms with Gasteiger partial charge in [0.25, 0.3) is 0 Å². The van der Waals surface area contributed by atoms with E-state index in [1.54, 1.807) is 12.2 Å². The number of allylic oxidation sites excluding steroid dienone is 8. The minimum absolute atomic E-state index is 0.0487. The number of fused-ring (bicyclic) bond motifs is 2. The van der Waals surface area contributed by atoms with Crippen molar-refractivity contribution in [2.24, 2.45) is 0 Å². The number of benzene rings is 2. The van der Waals surface area contributed by atoms with Crippen LogP contribution in [0.3, 0.4) is 0 Å². The molecule has 0 aromatic heterocycles. The standard InChI is InChI=1S/C24H18O2/c1-15-13-23(25)21-9-5-3-7-19(21)17(15)11-12-18-16(2)14-24(26)22-10-6-4-8-20(18)22/h3-14H,1-2H3/b17-11-,18-12+. The van der Waals surface area contributed by atoms with E-state index in [0.29, 0.717) is 0 Å². The predicted molar refractivity (Wildman–Crippen MR) is 105 cm³/mol. The van der Waals surface area contributed by atoms with Crippen molar-refractivity contribution in [1.82, 2.24) is 0 Å². The van der Waals surface area contributed by atoms with Crippen LogP contribution in [0.5, 0.6) is 0 Å². The van der Waals surface area contributed by atoms with Gasteiger partial charge in [0, 0.05) is 11.1 Å². The van der Waals surface area contributed by atoms with E-state index in [2.05, 4.69) is 12.2 Å². The third-order valence-corrected chi connectivity index (χ3v) is 4.93. The summed E-state index contributed by atoms with van der Waals surface area (Å²) in [6.45, 7) is 3.92. The largest absolute Gasteiger partial charge is 0.289 e. The molecule has 2 heteroatoms. The lowest BCUT2D eigenvalue weighted by atomic mass is 9.84. The van der Waals surface area contributed by atoms with Crippen molar-refractivity contribution in [3.63, 3.8) is 0 Å². The van der Waals surface area contributed by atoms with E-state index in [4.69, 9.17) is 0 Å². The molecule has 0 spiro atoms. The van der Waals surface area contributed by atoms with Crippen molar-refractivity contribution in [3.05, 3.63) is 106 Å². The van der Waals surface area contributed by atoms with Crippen LogP contribution < -0.4 is 0 Å². The molecule has 2 aromatic rings. The second-order valence-electron chi connectivity index (χ2n) is 6.64. The van der Waals surface area contributed by atoms with Gasteiger partial charge in [-0.25, -0.2) is 0 Å². The molecule has 0 atom stereocenters. The van der Waals surface area contributed by atoms with E-state index in [1.807, 2.05) is 62.4 Å². The highest BCUT2D eigenvalue weighted by molar-refractivity contribution is 6.15. The van der Waals surface area contributed by atoms with Gasteiger partial charge >= 0.3 is 0 Å². The van der Waals surface area contributed by atoms with Crippen LogP contribution in [0.15, 0.2) is 84.0 Å². The lowest BCUT2D eigenvalue weighted by molar-refractivity contribution is 0.103. The predicted octanol–water partition coefficient (Wildman–Crippen LogP) is 5.44. The third kappa shape index (κ3) is 2.60. The Kier molecular flexibility index (Phi) is 3.89. The molecule has 26 heavy (non-hydrogen) atoms. The molecule has 0 bridgehead atoms. The zero-order valence-corrected chi connectivity index (χ0v) is 14.7. The minimum atomic E-state index is 0.0487. The molecule has 0 unspecified atom stereocenters. The normalized spacial score (nSPS) is 19.2. The molecule has 2 aliphatic carbocycles. The van der Waals surface area contributed by atoms with E-state index in [9.17, 15) is 9.59 Å². The number of hydrogen-bond acceptors (Lipinski definition) is 2. The minimum Gasteiger partial charge on any atom is -0.289 e. The van der Waals surface area contributed by atoms with Crippen LogP contribution in [0.25, 0.3) is 11.1 Å². The number of carbonyl (C=O) groups excluding carboxylic acids is 2. The zero-order valence-electron chi connectivity index (χ0n) is 14.7. The molecule has 4 rings (SSSR count). The van der Waals surface area contributed by atoms with Crippen LogP contribution in [0.1, 0.15) is 45.7 Å². The van der Waals surface area contributed by atoms with Crippen LogP contribution in [0.4, 0.5) is 0 Å². The van der Waals surface area contributed by atoms with Crippen molar-refractivity contribution in [2.45, 2.75) is 13.8 Å². The Labute approximate surface area is 152 Å². The molecule has 126 valence electrons. The lowest BCUT2D eigenvalue weighted by Gasteiger charge is -2.19. The Bertz CT molecular complexity index is 987. The quantitative estimate of drug-likeness (QED) is 0.694. The maximum atomic E-state index is 12.2. The zero-order chi connectivity index (χ0) is 18.3. The first-order valence-corrected chi connectivity index (χ1v) is 8.63. The first-order chi connectivity index (χ1) is 12.6. The molecule has 0 heterocycles. The molecule has 0 saturated carbocycles. The Morgan fingerprint density at radius 1 is 0.577 bits per heavy atom. The summed E-state index contributed by atoms with van der Waals surface area (Å²) in [5.41, 5.74) is 7.35. The average molecular weight is 338 g/mol. The Balaban J connectivity index is 1.87. The summed E-state index contributed by atoms with van der Waals surface area (Å²) in [5, 5.41) is 0. The highest BCUT2D eigenvalue weighted by Gasteiger charge is 2.21. The van der Waals surface area contributed by atoms with Gasteiger partial charge in [-0.15, -0.1) is 0 Å². The van der Waals surface area contributed by atoms with Crippen molar-refractivity contribution in [3.8, 4) is 0 Å². The Morgan fingerprint density at radius 2 is 0.923 bits per heavy atom. The molecule has 2 nitrogen and oxygen atoms in total. The van der Waals surface area contributed by atoms with E-state index in [1.165, 1.54) is 0 Å². The Hall–Kier alpha value is -3.26. The third-order valence-electron chi connectivity index (χ3n) is 4.93. The van der Waals surface area contributed by atoms with Gasteiger partial charge in [0.1, 0.15) is 0 Å². The molecule has 0 N–H and O–H groups in total. The molecule has 0 saturated heterocycles. The van der Waals surface area contributed by atoms with Gasteiger partial charge in [-0.3, -0.25) is 9.59 Å². The fourth-order valence-corrected chi connectivity index (χ4v) is 3.60. The van der Waals surface area contributed by atoms with Gasteiger partial charge in [0.15, 0.2) is 11.6 Å². The molecule has 2 aromatic carbocycles. The van der Waals surface area contributed by atoms with E-state index >= 15 is 0 Å². The fraction of sp³-hybridized carbons (Fsp3) is 0.0833. The highest BCUT2D eigenvalue weighted by atomic mass is 16.1. The maximum Gasteiger partial charge on any atom is 0.186 e. The summed E-state index contributed by atoms with van der Waals surface area (Å²) in [6, 6.07) is 15.4. The monoisotopic (exact) mass is 338 g/mol. The highest BCUT2D eigenvalue weighted by Crippen LogP contribution is 2.34. The second-order valence-corrected chi connectivity index (χ2v) is 6.64. The van der Waals surface area contributed by atoms with Crippen molar-refractivity contribution < 1.29 is 9.59 Å². The summed E-state index contributed by atoms with van der Waals surface area (Å²) in [5.74, 6) is 0.0974. The van der Waals surface area contributed by atoms with Crippen molar-refractivity contribution in [2.75, 3.05) is 0 Å². The van der Waals surface area contributed by atoms with Gasteiger partial charge < -0.3 is 0 Å². The molecule has 0 radical (unpaired) electrons. The van der Waals surface area contributed by atoms with Gasteiger partial charge in [-0.2, -0.15) is 0 Å². The van der Waals surface area contributed by atoms with E-state index in [-0.39, 0.29) is 11.6 Å². The van der Waals surface area contributed by atoms with Crippen LogP contribution in [-0.2, 0) is 0 Å². The number of hydrogen-bond donors (Lipinski definition) is 0. The van der Waals surface area contributed by atoms with Gasteiger partial charge in [-0.05, 0) is 59.4 Å². The first-order valence-electron chi connectivity index (χ1n) is 8.63. The molecular formula is C24H18O2. The molecule has 0 fully saturated rings. The number of ketones is 2. The van der Waals surface area contributed by atoms with Crippen molar-refractivity contribution in [1.29, 1.82) is 0 Å². The van der Waals surface area contributed by atoms with Gasteiger partial charge in [0.2, 0.25) is 0 Å². The van der Waals surface area contributed by atoms with E-state index in [0.717, 1.165) is 44.5 Å². The van der Waals surface area contributed by atoms with Crippen LogP contribution >= 0.6 is 0 Å². The average Bonchev–Trinajstić information content (AvgIpc) is 2.64. The van der Waals surface area contributed by atoms with E-state index < -0.39 is 0 Å². The topological polar surface area (TPSA) is 34.1 Å². The number of rotatable bonds is 1. The Morgan fingerprint density at radius 3 is 1.31 bits per heavy atom. The second kappa shape index (κ2) is 6.23. The number of carbonyl (C=O) groups is 2. The van der Waals surface area contributed by atoms with Crippen LogP contribution in [0.2, 0.25) is 0 Å². The van der Waals surface area contributed by atoms with Gasteiger partial charge in [0.05, 0.1) is 0 Å². The van der Waals surface area contributed by atoms with Crippen LogP contribution in [0, 0.1) is 0 Å². The molecular weight excluding hydrogens is 320 g/mol. The summed E-state index contributed by atoms with van der Waals surface area (Å²) in [4.78, 5) is 24.5. The van der Waals surface area contributed by atoms with Crippen molar-refractivity contribution >= 4 is 22.7 Å².